The Morgan fingerprint density at radius 2 is 1.87 bits per heavy atom. The van der Waals surface area contributed by atoms with E-state index < -0.39 is 43.5 Å². The Bertz CT molecular complexity index is 1280. The van der Waals surface area contributed by atoms with Crippen molar-refractivity contribution in [2.75, 3.05) is 6.61 Å². The lowest BCUT2D eigenvalue weighted by Crippen LogP contribution is -2.38. The number of nitrogens with zero attached hydrogens (tertiary/aromatic N) is 1. The van der Waals surface area contributed by atoms with E-state index in [1.54, 1.807) is 19.9 Å². The van der Waals surface area contributed by atoms with Crippen LogP contribution in [-0.4, -0.2) is 49.9 Å². The van der Waals surface area contributed by atoms with Gasteiger partial charge in [-0.1, -0.05) is 31.7 Å². The molecule has 3 N–H and O–H groups in total. The van der Waals surface area contributed by atoms with Crippen LogP contribution < -0.4 is 20.9 Å². The molecule has 0 saturated carbocycles. The van der Waals surface area contributed by atoms with Gasteiger partial charge in [0.2, 0.25) is 5.12 Å². The topological polar surface area (TPSA) is 149 Å². The highest BCUT2D eigenvalue weighted by Crippen LogP contribution is 2.46. The first-order chi connectivity index (χ1) is 17.9. The Kier molecular flexibility index (Phi) is 10.6. The van der Waals surface area contributed by atoms with E-state index in [1.807, 2.05) is 26.0 Å². The summed E-state index contributed by atoms with van der Waals surface area (Å²) in [4.78, 5) is 38.2. The summed E-state index contributed by atoms with van der Waals surface area (Å²) in [7, 11) is -4.14. The van der Waals surface area contributed by atoms with Gasteiger partial charge in [0, 0.05) is 17.5 Å². The number of hydrogen-bond donors (Lipinski definition) is 3. The van der Waals surface area contributed by atoms with Gasteiger partial charge in [-0.15, -0.1) is 0 Å². The molecule has 1 aromatic carbocycles. The molecular formula is C25H36N3O8PS. The van der Waals surface area contributed by atoms with Gasteiger partial charge in [0.25, 0.3) is 5.56 Å². The lowest BCUT2D eigenvalue weighted by atomic mass is 10.1. The third-order valence-electron chi connectivity index (χ3n) is 5.91. The number of hydrogen-bond acceptors (Lipinski definition) is 9. The molecule has 0 amide bonds. The second-order valence-corrected chi connectivity index (χ2v) is 12.8. The predicted molar refractivity (Wildman–Crippen MR) is 146 cm³/mol. The van der Waals surface area contributed by atoms with Crippen LogP contribution in [-0.2, 0) is 31.5 Å². The molecule has 1 heterocycles. The average molecular weight is 570 g/mol. The molecule has 0 unspecified atom stereocenters. The first kappa shape index (κ1) is 30.3. The van der Waals surface area contributed by atoms with Gasteiger partial charge in [0.05, 0.1) is 18.8 Å². The third-order valence-corrected chi connectivity index (χ3v) is 8.62. The van der Waals surface area contributed by atoms with Crippen LogP contribution in [0.5, 0.6) is 5.75 Å². The standard InChI is InChI=1S/C25H36N3O8PS/c1-15(2)38-24(31)16(3)27-37(33,36-21-10-9-19-7-6-8-20(19)13-21)34-14-22(17(4)29)35-18(5)28-12-11-23(30)26-25(28)32/h9-13,15-18,22,29H,6-8,14H2,1-5H3,(H,27,33)(H,26,30,32)/t16-,17-,18+,22+,37-/m0/s1. The van der Waals surface area contributed by atoms with Crippen LogP contribution in [0.4, 0.5) is 0 Å². The quantitative estimate of drug-likeness (QED) is 0.307. The Morgan fingerprint density at radius 1 is 1.16 bits per heavy atom. The molecule has 0 bridgehead atoms. The van der Waals surface area contributed by atoms with Gasteiger partial charge in [-0.05, 0) is 63.3 Å². The van der Waals surface area contributed by atoms with E-state index in [4.69, 9.17) is 13.8 Å². The number of aromatic nitrogens is 2. The molecule has 0 saturated heterocycles. The highest BCUT2D eigenvalue weighted by Gasteiger charge is 2.34. The molecule has 38 heavy (non-hydrogen) atoms. The monoisotopic (exact) mass is 569 g/mol. The van der Waals surface area contributed by atoms with Crippen LogP contribution >= 0.6 is 19.5 Å². The number of aryl methyl sites for hydroxylation is 2. The molecule has 5 atom stereocenters. The smallest absolute Gasteiger partial charge is 0.413 e. The fourth-order valence-electron chi connectivity index (χ4n) is 3.95. The average Bonchev–Trinajstić information content (AvgIpc) is 3.28. The van der Waals surface area contributed by atoms with Gasteiger partial charge in [0.15, 0.2) is 0 Å². The highest BCUT2D eigenvalue weighted by molar-refractivity contribution is 8.14. The van der Waals surface area contributed by atoms with Gasteiger partial charge in [-0.3, -0.25) is 23.7 Å². The largest absolute Gasteiger partial charge is 0.459 e. The van der Waals surface area contributed by atoms with Gasteiger partial charge in [0.1, 0.15) is 18.1 Å². The Hall–Kier alpha value is -2.21. The van der Waals surface area contributed by atoms with Crippen molar-refractivity contribution < 1.29 is 28.3 Å². The Labute approximate surface area is 225 Å². The molecule has 0 radical (unpaired) electrons. The SMILES string of the molecule is CC(C)SC(=O)[C@H](C)N[P@](=O)(OC[C@@H](O[C@H](C)n1ccc(=O)[nH]c1=O)[C@H](C)O)Oc1ccc2c(c1)CCC2. The summed E-state index contributed by atoms with van der Waals surface area (Å²) in [5.74, 6) is 0.334. The molecule has 0 aliphatic heterocycles. The van der Waals surface area contributed by atoms with Gasteiger partial charge in [-0.2, -0.15) is 0 Å². The van der Waals surface area contributed by atoms with E-state index in [1.165, 1.54) is 24.8 Å². The fourth-order valence-corrected chi connectivity index (χ4v) is 6.27. The van der Waals surface area contributed by atoms with Crippen molar-refractivity contribution in [3.8, 4) is 5.75 Å². The first-order valence-corrected chi connectivity index (χ1v) is 15.0. The number of carbonyl (C=O) groups excluding carboxylic acids is 1. The molecule has 210 valence electrons. The summed E-state index contributed by atoms with van der Waals surface area (Å²) >= 11 is 1.11. The van der Waals surface area contributed by atoms with Crippen molar-refractivity contribution in [3.05, 3.63) is 62.4 Å². The van der Waals surface area contributed by atoms with Crippen LogP contribution in [0, 0.1) is 0 Å². The Balaban J connectivity index is 1.78. The van der Waals surface area contributed by atoms with Crippen LogP contribution in [0.15, 0.2) is 40.1 Å². The first-order valence-electron chi connectivity index (χ1n) is 12.6. The number of thioether (sulfide) groups is 1. The fraction of sp³-hybridized carbons (Fsp3) is 0.560. The molecule has 0 spiro atoms. The maximum absolute atomic E-state index is 13.9. The highest BCUT2D eigenvalue weighted by atomic mass is 32.2. The van der Waals surface area contributed by atoms with Crippen molar-refractivity contribution in [2.24, 2.45) is 0 Å². The molecule has 0 fully saturated rings. The number of benzene rings is 1. The van der Waals surface area contributed by atoms with Crippen molar-refractivity contribution >= 4 is 24.6 Å². The number of aromatic amines is 1. The van der Waals surface area contributed by atoms with Crippen molar-refractivity contribution in [2.45, 2.75) is 83.6 Å². The second kappa shape index (κ2) is 13.2. The van der Waals surface area contributed by atoms with Crippen LogP contribution in [0.2, 0.25) is 0 Å². The molecule has 2 aromatic rings. The lowest BCUT2D eigenvalue weighted by molar-refractivity contribution is -0.113. The van der Waals surface area contributed by atoms with Gasteiger partial charge < -0.3 is 14.4 Å². The van der Waals surface area contributed by atoms with Crippen LogP contribution in [0.1, 0.15) is 58.4 Å². The molecular weight excluding hydrogens is 533 g/mol. The molecule has 1 aliphatic rings. The van der Waals surface area contributed by atoms with Gasteiger partial charge >= 0.3 is 13.4 Å². The summed E-state index contributed by atoms with van der Waals surface area (Å²) < 4.78 is 32.4. The second-order valence-electron chi connectivity index (χ2n) is 9.54. The lowest BCUT2D eigenvalue weighted by Gasteiger charge is -2.28. The van der Waals surface area contributed by atoms with E-state index in [-0.39, 0.29) is 17.0 Å². The molecule has 11 nitrogen and oxygen atoms in total. The molecule has 1 aliphatic carbocycles. The van der Waals surface area contributed by atoms with E-state index in [9.17, 15) is 24.1 Å². The Morgan fingerprint density at radius 3 is 2.53 bits per heavy atom. The van der Waals surface area contributed by atoms with E-state index in [0.29, 0.717) is 5.75 Å². The number of nitrogens with one attached hydrogen (secondary N) is 2. The number of aliphatic hydroxyl groups is 1. The number of carbonyl (C=O) groups is 1. The van der Waals surface area contributed by atoms with E-state index in [2.05, 4.69) is 10.1 Å². The maximum Gasteiger partial charge on any atom is 0.459 e. The molecule has 1 aromatic heterocycles. The maximum atomic E-state index is 13.9. The minimum Gasteiger partial charge on any atom is -0.413 e. The summed E-state index contributed by atoms with van der Waals surface area (Å²) in [6.07, 6.45) is 1.17. The van der Waals surface area contributed by atoms with Crippen LogP contribution in [0.3, 0.4) is 0 Å². The number of ether oxygens (including phenoxy) is 1. The number of aliphatic hydroxyl groups excluding tert-OH is 1. The number of rotatable bonds is 13. The minimum absolute atomic E-state index is 0.0375. The third kappa shape index (κ3) is 8.39. The van der Waals surface area contributed by atoms with Crippen molar-refractivity contribution in [1.29, 1.82) is 0 Å². The summed E-state index contributed by atoms with van der Waals surface area (Å²) in [6.45, 7) is 7.97. The zero-order valence-electron chi connectivity index (χ0n) is 22.2. The van der Waals surface area contributed by atoms with Gasteiger partial charge in [-0.25, -0.2) is 14.4 Å². The number of fused-ring (bicyclic) bond motifs is 1. The minimum atomic E-state index is -4.14. The zero-order chi connectivity index (χ0) is 28.0. The normalized spacial score (nSPS) is 17.9. The van der Waals surface area contributed by atoms with Crippen LogP contribution in [0.25, 0.3) is 0 Å². The summed E-state index contributed by atoms with van der Waals surface area (Å²) in [5, 5.41) is 12.9. The van der Waals surface area contributed by atoms with Crippen molar-refractivity contribution in [1.82, 2.24) is 14.6 Å². The summed E-state index contributed by atoms with van der Waals surface area (Å²) in [5.41, 5.74) is 1.09. The zero-order valence-corrected chi connectivity index (χ0v) is 23.9. The van der Waals surface area contributed by atoms with Crippen molar-refractivity contribution in [3.63, 3.8) is 0 Å². The van der Waals surface area contributed by atoms with E-state index in [0.717, 1.165) is 41.2 Å². The summed E-state index contributed by atoms with van der Waals surface area (Å²) in [6, 6.07) is 5.78. The van der Waals surface area contributed by atoms with E-state index >= 15 is 0 Å². The number of H-pyrrole nitrogens is 1. The molecule has 3 rings (SSSR count). The predicted octanol–water partition coefficient (Wildman–Crippen LogP) is 3.16. The molecule has 13 heteroatoms.